The Hall–Kier alpha value is -1.80. The molecule has 1 aromatic rings. The third-order valence-electron chi connectivity index (χ3n) is 3.45. The molecule has 0 bridgehead atoms. The van der Waals surface area contributed by atoms with E-state index >= 15 is 0 Å². The SMILES string of the molecule is C[C@H](O)CN1CCN(c2cc(F)c([N+](=O)[O-])cc2F)CC1. The van der Waals surface area contributed by atoms with E-state index in [1.54, 1.807) is 11.8 Å². The Morgan fingerprint density at radius 2 is 1.90 bits per heavy atom. The van der Waals surface area contributed by atoms with Crippen LogP contribution in [0.15, 0.2) is 12.1 Å². The van der Waals surface area contributed by atoms with E-state index in [1.807, 2.05) is 4.90 Å². The van der Waals surface area contributed by atoms with Crippen LogP contribution in [0.25, 0.3) is 0 Å². The molecule has 0 radical (unpaired) electrons. The lowest BCUT2D eigenvalue weighted by atomic mass is 10.2. The molecular formula is C13H17F2N3O3. The van der Waals surface area contributed by atoms with Crippen LogP contribution in [0, 0.1) is 21.7 Å². The van der Waals surface area contributed by atoms with E-state index in [0.717, 1.165) is 6.07 Å². The smallest absolute Gasteiger partial charge is 0.307 e. The van der Waals surface area contributed by atoms with Crippen molar-refractivity contribution in [1.29, 1.82) is 0 Å². The number of piperazine rings is 1. The van der Waals surface area contributed by atoms with Crippen molar-refractivity contribution in [2.75, 3.05) is 37.6 Å². The highest BCUT2D eigenvalue weighted by Gasteiger charge is 2.24. The van der Waals surface area contributed by atoms with Gasteiger partial charge in [-0.05, 0) is 6.92 Å². The van der Waals surface area contributed by atoms with Gasteiger partial charge in [-0.1, -0.05) is 0 Å². The van der Waals surface area contributed by atoms with Gasteiger partial charge in [-0.15, -0.1) is 0 Å². The highest BCUT2D eigenvalue weighted by atomic mass is 19.1. The van der Waals surface area contributed by atoms with E-state index in [2.05, 4.69) is 0 Å². The van der Waals surface area contributed by atoms with Crippen LogP contribution in [0.2, 0.25) is 0 Å². The molecule has 1 aliphatic heterocycles. The number of benzene rings is 1. The van der Waals surface area contributed by atoms with Crippen molar-refractivity contribution in [1.82, 2.24) is 4.90 Å². The number of anilines is 1. The van der Waals surface area contributed by atoms with Crippen LogP contribution in [0.3, 0.4) is 0 Å². The Morgan fingerprint density at radius 1 is 1.29 bits per heavy atom. The minimum Gasteiger partial charge on any atom is -0.392 e. The van der Waals surface area contributed by atoms with Gasteiger partial charge in [0.05, 0.1) is 22.8 Å². The number of aliphatic hydroxyl groups is 1. The van der Waals surface area contributed by atoms with E-state index in [1.165, 1.54) is 0 Å². The normalized spacial score (nSPS) is 17.8. The molecule has 1 aliphatic rings. The molecule has 2 rings (SSSR count). The second-order valence-electron chi connectivity index (χ2n) is 5.15. The van der Waals surface area contributed by atoms with E-state index in [9.17, 15) is 24.0 Å². The van der Waals surface area contributed by atoms with Gasteiger partial charge in [-0.2, -0.15) is 4.39 Å². The summed E-state index contributed by atoms with van der Waals surface area (Å²) in [6.45, 7) is 4.40. The molecule has 6 nitrogen and oxygen atoms in total. The Labute approximate surface area is 120 Å². The topological polar surface area (TPSA) is 69.8 Å². The number of nitro groups is 1. The molecule has 1 heterocycles. The molecular weight excluding hydrogens is 284 g/mol. The highest BCUT2D eigenvalue weighted by Crippen LogP contribution is 2.28. The first-order valence-corrected chi connectivity index (χ1v) is 6.67. The van der Waals surface area contributed by atoms with Crippen molar-refractivity contribution in [2.45, 2.75) is 13.0 Å². The molecule has 0 spiro atoms. The lowest BCUT2D eigenvalue weighted by Gasteiger charge is -2.36. The third kappa shape index (κ3) is 3.64. The van der Waals surface area contributed by atoms with Crippen molar-refractivity contribution in [3.8, 4) is 0 Å². The van der Waals surface area contributed by atoms with Crippen LogP contribution >= 0.6 is 0 Å². The predicted molar refractivity (Wildman–Crippen MR) is 73.3 cm³/mol. The Bertz CT molecular complexity index is 532. The second-order valence-corrected chi connectivity index (χ2v) is 5.15. The highest BCUT2D eigenvalue weighted by molar-refractivity contribution is 5.53. The number of rotatable bonds is 4. The van der Waals surface area contributed by atoms with Gasteiger partial charge in [-0.3, -0.25) is 15.0 Å². The summed E-state index contributed by atoms with van der Waals surface area (Å²) >= 11 is 0. The number of hydrogen-bond donors (Lipinski definition) is 1. The fraction of sp³-hybridized carbons (Fsp3) is 0.538. The van der Waals surface area contributed by atoms with Gasteiger partial charge in [0.15, 0.2) is 5.82 Å². The number of nitro benzene ring substituents is 1. The van der Waals surface area contributed by atoms with Crippen molar-refractivity contribution < 1.29 is 18.8 Å². The maximum atomic E-state index is 13.9. The van der Waals surface area contributed by atoms with Crippen LogP contribution < -0.4 is 4.90 Å². The number of nitrogens with zero attached hydrogens (tertiary/aromatic N) is 3. The number of aliphatic hydroxyl groups excluding tert-OH is 1. The van der Waals surface area contributed by atoms with Gasteiger partial charge in [0.25, 0.3) is 0 Å². The summed E-state index contributed by atoms with van der Waals surface area (Å²) in [4.78, 5) is 13.3. The number of β-amino-alcohol motifs (C(OH)–C–C–N with tert-alkyl or cyclic N) is 1. The minimum absolute atomic E-state index is 0.0368. The van der Waals surface area contributed by atoms with E-state index in [0.29, 0.717) is 38.8 Å². The van der Waals surface area contributed by atoms with Gasteiger partial charge in [0.1, 0.15) is 0 Å². The zero-order valence-electron chi connectivity index (χ0n) is 11.6. The third-order valence-corrected chi connectivity index (χ3v) is 3.45. The molecule has 116 valence electrons. The van der Waals surface area contributed by atoms with Crippen LogP contribution in [0.4, 0.5) is 20.2 Å². The first kappa shape index (κ1) is 15.6. The van der Waals surface area contributed by atoms with Crippen LogP contribution in [-0.4, -0.2) is 53.8 Å². The molecule has 1 aromatic carbocycles. The molecule has 1 atom stereocenters. The summed E-state index contributed by atoms with van der Waals surface area (Å²) in [7, 11) is 0. The monoisotopic (exact) mass is 301 g/mol. The zero-order valence-corrected chi connectivity index (χ0v) is 11.6. The van der Waals surface area contributed by atoms with Crippen LogP contribution in [-0.2, 0) is 0 Å². The quantitative estimate of drug-likeness (QED) is 0.672. The predicted octanol–water partition coefficient (Wildman–Crippen LogP) is 1.38. The summed E-state index contributed by atoms with van der Waals surface area (Å²) in [6, 6.07) is 1.49. The molecule has 1 saturated heterocycles. The van der Waals surface area contributed by atoms with Gasteiger partial charge >= 0.3 is 5.69 Å². The maximum absolute atomic E-state index is 13.9. The zero-order chi connectivity index (χ0) is 15.6. The summed E-state index contributed by atoms with van der Waals surface area (Å²) in [5.41, 5.74) is -0.821. The Morgan fingerprint density at radius 3 is 2.43 bits per heavy atom. The largest absolute Gasteiger partial charge is 0.392 e. The van der Waals surface area contributed by atoms with E-state index in [4.69, 9.17) is 0 Å². The van der Waals surface area contributed by atoms with Gasteiger partial charge < -0.3 is 10.0 Å². The maximum Gasteiger partial charge on any atom is 0.307 e. The molecule has 8 heteroatoms. The first-order valence-electron chi connectivity index (χ1n) is 6.67. The second kappa shape index (κ2) is 6.31. The molecule has 0 amide bonds. The summed E-state index contributed by atoms with van der Waals surface area (Å²) in [6.07, 6.45) is -0.440. The standard InChI is InChI=1S/C13H17F2N3O3/c1-9(19)8-16-2-4-17(5-3-16)12-6-11(15)13(18(20)21)7-10(12)14/h6-7,9,19H,2-5,8H2,1H3/t9-/m0/s1. The van der Waals surface area contributed by atoms with E-state index in [-0.39, 0.29) is 5.69 Å². The number of halogens is 2. The lowest BCUT2D eigenvalue weighted by Crippen LogP contribution is -2.48. The van der Waals surface area contributed by atoms with E-state index < -0.39 is 28.3 Å². The van der Waals surface area contributed by atoms with Crippen LogP contribution in [0.1, 0.15) is 6.92 Å². The molecule has 0 saturated carbocycles. The summed E-state index contributed by atoms with van der Waals surface area (Å²) in [5, 5.41) is 19.9. The van der Waals surface area contributed by atoms with Gasteiger partial charge in [-0.25, -0.2) is 4.39 Å². The van der Waals surface area contributed by atoms with Gasteiger partial charge in [0, 0.05) is 38.8 Å². The Balaban J connectivity index is 2.10. The first-order chi connectivity index (χ1) is 9.88. The fourth-order valence-electron chi connectivity index (χ4n) is 2.45. The molecule has 21 heavy (non-hydrogen) atoms. The average Bonchev–Trinajstić information content (AvgIpc) is 2.41. The summed E-state index contributed by atoms with van der Waals surface area (Å²) in [5.74, 6) is -1.84. The van der Waals surface area contributed by atoms with Crippen molar-refractivity contribution in [2.24, 2.45) is 0 Å². The van der Waals surface area contributed by atoms with Crippen molar-refractivity contribution >= 4 is 11.4 Å². The Kier molecular flexibility index (Phi) is 4.69. The average molecular weight is 301 g/mol. The van der Waals surface area contributed by atoms with Crippen molar-refractivity contribution in [3.05, 3.63) is 33.9 Å². The lowest BCUT2D eigenvalue weighted by molar-refractivity contribution is -0.387. The molecule has 0 aliphatic carbocycles. The minimum atomic E-state index is -1.04. The summed E-state index contributed by atoms with van der Waals surface area (Å²) < 4.78 is 27.5. The van der Waals surface area contributed by atoms with Gasteiger partial charge in [0.2, 0.25) is 5.82 Å². The molecule has 0 unspecified atom stereocenters. The molecule has 1 fully saturated rings. The number of hydrogen-bond acceptors (Lipinski definition) is 5. The van der Waals surface area contributed by atoms with Crippen molar-refractivity contribution in [3.63, 3.8) is 0 Å². The molecule has 0 aromatic heterocycles. The van der Waals surface area contributed by atoms with Crippen LogP contribution in [0.5, 0.6) is 0 Å². The molecule has 1 N–H and O–H groups in total. The fourth-order valence-corrected chi connectivity index (χ4v) is 2.45.